The third-order valence-electron chi connectivity index (χ3n) is 3.82. The van der Waals surface area contributed by atoms with Gasteiger partial charge in [0.05, 0.1) is 29.2 Å². The van der Waals surface area contributed by atoms with Gasteiger partial charge in [0.1, 0.15) is 5.82 Å². The van der Waals surface area contributed by atoms with Crippen molar-refractivity contribution in [2.45, 2.75) is 6.42 Å². The quantitative estimate of drug-likeness (QED) is 0.655. The van der Waals surface area contributed by atoms with Crippen molar-refractivity contribution in [2.24, 2.45) is 0 Å². The Kier molecular flexibility index (Phi) is 3.63. The largest absolute Gasteiger partial charge is 0.380 e. The highest BCUT2D eigenvalue weighted by molar-refractivity contribution is 9.10. The molecule has 0 spiro atoms. The zero-order valence-corrected chi connectivity index (χ0v) is 14.0. The molecule has 6 nitrogen and oxygen atoms in total. The summed E-state index contributed by atoms with van der Waals surface area (Å²) in [7, 11) is 0. The minimum Gasteiger partial charge on any atom is -0.380 e. The number of rotatable bonds is 1. The maximum Gasteiger partial charge on any atom is 0.224 e. The minimum atomic E-state index is 0.249. The Bertz CT molecular complexity index is 844. The van der Waals surface area contributed by atoms with Gasteiger partial charge in [-0.25, -0.2) is 4.98 Å². The molecule has 114 valence electrons. The Morgan fingerprint density at radius 1 is 1.27 bits per heavy atom. The summed E-state index contributed by atoms with van der Waals surface area (Å²) in [6.07, 6.45) is 2.76. The number of halogens is 2. The van der Waals surface area contributed by atoms with E-state index in [1.165, 1.54) is 0 Å². The second-order valence-corrected chi connectivity index (χ2v) is 6.37. The number of aromatic amines is 1. The molecule has 0 saturated carbocycles. The van der Waals surface area contributed by atoms with Crippen molar-refractivity contribution in [3.05, 3.63) is 22.0 Å². The lowest BCUT2D eigenvalue weighted by molar-refractivity contribution is 0.152. The van der Waals surface area contributed by atoms with Gasteiger partial charge in [-0.2, -0.15) is 10.1 Å². The molecule has 0 unspecified atom stereocenters. The first kappa shape index (κ1) is 14.2. The van der Waals surface area contributed by atoms with Gasteiger partial charge in [0.25, 0.3) is 0 Å². The van der Waals surface area contributed by atoms with E-state index in [1.807, 2.05) is 6.07 Å². The summed E-state index contributed by atoms with van der Waals surface area (Å²) < 4.78 is 6.47. The molecule has 2 aromatic heterocycles. The lowest BCUT2D eigenvalue weighted by Gasteiger charge is -2.22. The first-order chi connectivity index (χ1) is 10.7. The average molecular weight is 383 g/mol. The fraction of sp³-hybridized carbons (Fsp3) is 0.357. The van der Waals surface area contributed by atoms with Crippen LogP contribution in [0.15, 0.2) is 16.7 Å². The smallest absolute Gasteiger partial charge is 0.224 e. The fourth-order valence-electron chi connectivity index (χ4n) is 2.82. The summed E-state index contributed by atoms with van der Waals surface area (Å²) in [4.78, 5) is 11.1. The lowest BCUT2D eigenvalue weighted by Crippen LogP contribution is -2.27. The molecular weight excluding hydrogens is 370 g/mol. The number of ether oxygens (including phenoxy) is 1. The van der Waals surface area contributed by atoms with Crippen LogP contribution < -0.4 is 4.90 Å². The Hall–Kier alpha value is -1.44. The van der Waals surface area contributed by atoms with Gasteiger partial charge in [0, 0.05) is 29.6 Å². The topological polar surface area (TPSA) is 66.9 Å². The summed E-state index contributed by atoms with van der Waals surface area (Å²) in [5.41, 5.74) is 1.71. The Morgan fingerprint density at radius 3 is 3.09 bits per heavy atom. The van der Waals surface area contributed by atoms with E-state index in [-0.39, 0.29) is 5.28 Å². The lowest BCUT2D eigenvalue weighted by atomic mass is 10.1. The van der Waals surface area contributed by atoms with Gasteiger partial charge in [0.2, 0.25) is 5.28 Å². The molecule has 1 saturated heterocycles. The Morgan fingerprint density at radius 2 is 2.18 bits per heavy atom. The predicted octanol–water partition coefficient (Wildman–Crippen LogP) is 3.15. The number of anilines is 1. The zero-order chi connectivity index (χ0) is 15.1. The zero-order valence-electron chi connectivity index (χ0n) is 11.6. The SMILES string of the molecule is Clc1nc(N2CCCOCC2)c2c(cc(Br)c3cn[nH]c32)n1. The van der Waals surface area contributed by atoms with Crippen molar-refractivity contribution >= 4 is 55.2 Å². The van der Waals surface area contributed by atoms with Gasteiger partial charge in [-0.15, -0.1) is 0 Å². The van der Waals surface area contributed by atoms with E-state index in [0.717, 1.165) is 58.2 Å². The number of benzene rings is 1. The van der Waals surface area contributed by atoms with Crippen LogP contribution in [0, 0.1) is 0 Å². The minimum absolute atomic E-state index is 0.249. The molecule has 0 aliphatic carbocycles. The molecule has 1 aromatic carbocycles. The van der Waals surface area contributed by atoms with Crippen molar-refractivity contribution < 1.29 is 4.74 Å². The molecule has 8 heteroatoms. The summed E-state index contributed by atoms with van der Waals surface area (Å²) in [5, 5.41) is 9.41. The first-order valence-corrected chi connectivity index (χ1v) is 8.22. The van der Waals surface area contributed by atoms with E-state index in [2.05, 4.69) is 41.0 Å². The van der Waals surface area contributed by atoms with Crippen LogP contribution in [0.2, 0.25) is 5.28 Å². The van der Waals surface area contributed by atoms with Gasteiger partial charge in [-0.1, -0.05) is 0 Å². The van der Waals surface area contributed by atoms with Gasteiger partial charge in [-0.05, 0) is 40.0 Å². The van der Waals surface area contributed by atoms with E-state index in [4.69, 9.17) is 16.3 Å². The van der Waals surface area contributed by atoms with Crippen LogP contribution in [0.3, 0.4) is 0 Å². The predicted molar refractivity (Wildman–Crippen MR) is 89.5 cm³/mol. The van der Waals surface area contributed by atoms with Crippen molar-refractivity contribution in [3.8, 4) is 0 Å². The summed E-state index contributed by atoms with van der Waals surface area (Å²) in [5.74, 6) is 0.835. The molecule has 1 N–H and O–H groups in total. The first-order valence-electron chi connectivity index (χ1n) is 7.05. The normalized spacial score (nSPS) is 16.4. The van der Waals surface area contributed by atoms with Crippen LogP contribution in [0.1, 0.15) is 6.42 Å². The number of H-pyrrole nitrogens is 1. The van der Waals surface area contributed by atoms with Crippen LogP contribution in [-0.4, -0.2) is 46.5 Å². The molecule has 1 fully saturated rings. The number of aromatic nitrogens is 4. The molecule has 4 rings (SSSR count). The van der Waals surface area contributed by atoms with Crippen molar-refractivity contribution in [3.63, 3.8) is 0 Å². The summed E-state index contributed by atoms with van der Waals surface area (Å²) in [6.45, 7) is 3.13. The number of hydrogen-bond acceptors (Lipinski definition) is 5. The Labute approximate surface area is 139 Å². The van der Waals surface area contributed by atoms with E-state index in [0.29, 0.717) is 6.61 Å². The van der Waals surface area contributed by atoms with Crippen molar-refractivity contribution in [2.75, 3.05) is 31.2 Å². The molecule has 0 atom stereocenters. The highest BCUT2D eigenvalue weighted by atomic mass is 79.9. The maximum atomic E-state index is 6.14. The van der Waals surface area contributed by atoms with Gasteiger partial charge < -0.3 is 9.64 Å². The monoisotopic (exact) mass is 381 g/mol. The summed E-state index contributed by atoms with van der Waals surface area (Å²) in [6, 6.07) is 1.96. The summed E-state index contributed by atoms with van der Waals surface area (Å²) >= 11 is 9.70. The van der Waals surface area contributed by atoms with E-state index < -0.39 is 0 Å². The molecule has 3 heterocycles. The highest BCUT2D eigenvalue weighted by Gasteiger charge is 2.19. The van der Waals surface area contributed by atoms with E-state index in [9.17, 15) is 0 Å². The molecule has 0 bridgehead atoms. The van der Waals surface area contributed by atoms with Gasteiger partial charge in [0.15, 0.2) is 0 Å². The van der Waals surface area contributed by atoms with Crippen LogP contribution in [0.25, 0.3) is 21.8 Å². The van der Waals surface area contributed by atoms with Crippen LogP contribution in [0.5, 0.6) is 0 Å². The molecule has 0 radical (unpaired) electrons. The molecule has 3 aromatic rings. The van der Waals surface area contributed by atoms with Gasteiger partial charge in [-0.3, -0.25) is 5.10 Å². The third kappa shape index (κ3) is 2.33. The molecule has 0 amide bonds. The van der Waals surface area contributed by atoms with E-state index in [1.54, 1.807) is 6.20 Å². The molecule has 1 aliphatic rings. The number of nitrogens with zero attached hydrogens (tertiary/aromatic N) is 4. The average Bonchev–Trinajstić information content (AvgIpc) is 2.82. The van der Waals surface area contributed by atoms with E-state index >= 15 is 0 Å². The Balaban J connectivity index is 2.01. The fourth-order valence-corrected chi connectivity index (χ4v) is 3.51. The van der Waals surface area contributed by atoms with Crippen molar-refractivity contribution in [1.82, 2.24) is 20.2 Å². The molecule has 22 heavy (non-hydrogen) atoms. The maximum absolute atomic E-state index is 6.14. The van der Waals surface area contributed by atoms with Crippen molar-refractivity contribution in [1.29, 1.82) is 0 Å². The number of nitrogens with one attached hydrogen (secondary N) is 1. The number of hydrogen-bond donors (Lipinski definition) is 1. The molecular formula is C14H13BrClN5O. The highest BCUT2D eigenvalue weighted by Crippen LogP contribution is 2.35. The van der Waals surface area contributed by atoms with Gasteiger partial charge >= 0.3 is 0 Å². The van der Waals surface area contributed by atoms with Crippen LogP contribution in [-0.2, 0) is 4.74 Å². The third-order valence-corrected chi connectivity index (χ3v) is 4.65. The molecule has 1 aliphatic heterocycles. The second kappa shape index (κ2) is 5.64. The van der Waals surface area contributed by atoms with Crippen LogP contribution in [0.4, 0.5) is 5.82 Å². The second-order valence-electron chi connectivity index (χ2n) is 5.18. The van der Waals surface area contributed by atoms with Crippen LogP contribution >= 0.6 is 27.5 Å². The number of fused-ring (bicyclic) bond motifs is 3. The standard InChI is InChI=1S/C14H13BrClN5O/c15-9-6-10-11(12-8(9)7-17-20-12)13(19-14(16)18-10)21-2-1-4-22-5-3-21/h6-7H,1-5H2,(H,17,20).